The Kier molecular flexibility index (Phi) is 5.60. The standard InChI is InChI=1S/C22H14F4N2O2S/c23-17-7-2-1-6-16(17)18-8-9-19(30-18)20(29)28-21-27-12-15(31-21)11-13-4-3-5-14(10-13)22(24,25)26/h1-10,12H,11H2,(H,27,28,29). The highest BCUT2D eigenvalue weighted by atomic mass is 32.1. The van der Waals surface area contributed by atoms with E-state index >= 15 is 0 Å². The number of benzene rings is 2. The third-order valence-electron chi connectivity index (χ3n) is 4.38. The molecule has 0 aliphatic heterocycles. The molecule has 0 spiro atoms. The van der Waals surface area contributed by atoms with E-state index in [1.165, 1.54) is 36.5 Å². The minimum Gasteiger partial charge on any atom is -0.451 e. The first-order chi connectivity index (χ1) is 14.8. The predicted octanol–water partition coefficient (Wildman–Crippen LogP) is 6.40. The van der Waals surface area contributed by atoms with Crippen LogP contribution in [0.25, 0.3) is 11.3 Å². The number of carbonyl (C=O) groups is 1. The van der Waals surface area contributed by atoms with Gasteiger partial charge in [-0.25, -0.2) is 9.37 Å². The lowest BCUT2D eigenvalue weighted by Crippen LogP contribution is -2.10. The molecule has 31 heavy (non-hydrogen) atoms. The SMILES string of the molecule is O=C(Nc1ncc(Cc2cccc(C(F)(F)F)c2)s1)c1ccc(-c2ccccc2F)o1. The Balaban J connectivity index is 1.44. The number of hydrogen-bond acceptors (Lipinski definition) is 4. The lowest BCUT2D eigenvalue weighted by molar-refractivity contribution is -0.137. The second-order valence-electron chi connectivity index (χ2n) is 6.60. The Morgan fingerprint density at radius 3 is 2.65 bits per heavy atom. The van der Waals surface area contributed by atoms with Crippen LogP contribution in [0.2, 0.25) is 0 Å². The van der Waals surface area contributed by atoms with Crippen molar-refractivity contribution in [1.82, 2.24) is 4.98 Å². The van der Waals surface area contributed by atoms with Gasteiger partial charge in [-0.1, -0.05) is 30.3 Å². The third-order valence-corrected chi connectivity index (χ3v) is 5.29. The van der Waals surface area contributed by atoms with Gasteiger partial charge in [0, 0.05) is 17.5 Å². The molecule has 9 heteroatoms. The molecule has 2 aromatic heterocycles. The van der Waals surface area contributed by atoms with E-state index in [-0.39, 0.29) is 28.6 Å². The first-order valence-corrected chi connectivity index (χ1v) is 9.88. The van der Waals surface area contributed by atoms with Gasteiger partial charge in [0.15, 0.2) is 10.9 Å². The van der Waals surface area contributed by atoms with Crippen LogP contribution < -0.4 is 5.32 Å². The zero-order chi connectivity index (χ0) is 22.0. The van der Waals surface area contributed by atoms with Crippen molar-refractivity contribution >= 4 is 22.4 Å². The van der Waals surface area contributed by atoms with Gasteiger partial charge in [0.1, 0.15) is 11.6 Å². The van der Waals surface area contributed by atoms with Crippen LogP contribution in [0.1, 0.15) is 26.6 Å². The van der Waals surface area contributed by atoms with Crippen LogP contribution >= 0.6 is 11.3 Å². The quantitative estimate of drug-likeness (QED) is 0.361. The van der Waals surface area contributed by atoms with Crippen molar-refractivity contribution in [2.75, 3.05) is 5.32 Å². The lowest BCUT2D eigenvalue weighted by atomic mass is 10.1. The lowest BCUT2D eigenvalue weighted by Gasteiger charge is -2.07. The predicted molar refractivity (Wildman–Crippen MR) is 108 cm³/mol. The molecular formula is C22H14F4N2O2S. The first-order valence-electron chi connectivity index (χ1n) is 9.06. The van der Waals surface area contributed by atoms with Crippen LogP contribution in [0.3, 0.4) is 0 Å². The zero-order valence-electron chi connectivity index (χ0n) is 15.7. The van der Waals surface area contributed by atoms with Crippen molar-refractivity contribution in [2.45, 2.75) is 12.6 Å². The molecule has 4 aromatic rings. The Labute approximate surface area is 178 Å². The first kappa shape index (κ1) is 20.8. The Bertz CT molecular complexity index is 1230. The van der Waals surface area contributed by atoms with E-state index in [9.17, 15) is 22.4 Å². The molecule has 4 rings (SSSR count). The van der Waals surface area contributed by atoms with E-state index in [0.29, 0.717) is 10.4 Å². The van der Waals surface area contributed by atoms with Crippen LogP contribution in [0.5, 0.6) is 0 Å². The van der Waals surface area contributed by atoms with Crippen LogP contribution in [0.4, 0.5) is 22.7 Å². The largest absolute Gasteiger partial charge is 0.451 e. The normalized spacial score (nSPS) is 11.5. The maximum atomic E-state index is 13.9. The second kappa shape index (κ2) is 8.35. The summed E-state index contributed by atoms with van der Waals surface area (Å²) < 4.78 is 57.9. The summed E-state index contributed by atoms with van der Waals surface area (Å²) in [7, 11) is 0. The van der Waals surface area contributed by atoms with Gasteiger partial charge < -0.3 is 4.42 Å². The van der Waals surface area contributed by atoms with Gasteiger partial charge in [-0.3, -0.25) is 10.1 Å². The molecular weight excluding hydrogens is 432 g/mol. The summed E-state index contributed by atoms with van der Waals surface area (Å²) in [5.41, 5.74) is 0.00241. The van der Waals surface area contributed by atoms with Crippen LogP contribution in [-0.2, 0) is 12.6 Å². The average molecular weight is 446 g/mol. The maximum absolute atomic E-state index is 13.9. The van der Waals surface area contributed by atoms with Crippen molar-refractivity contribution in [3.8, 4) is 11.3 Å². The highest BCUT2D eigenvalue weighted by molar-refractivity contribution is 7.15. The molecule has 1 amide bonds. The highest BCUT2D eigenvalue weighted by Crippen LogP contribution is 2.31. The number of amides is 1. The highest BCUT2D eigenvalue weighted by Gasteiger charge is 2.30. The Morgan fingerprint density at radius 2 is 1.87 bits per heavy atom. The summed E-state index contributed by atoms with van der Waals surface area (Å²) in [5, 5.41) is 2.85. The van der Waals surface area contributed by atoms with Crippen LogP contribution in [0.15, 0.2) is 71.3 Å². The average Bonchev–Trinajstić information content (AvgIpc) is 3.38. The van der Waals surface area contributed by atoms with Gasteiger partial charge in [0.2, 0.25) is 0 Å². The number of nitrogens with one attached hydrogen (secondary N) is 1. The van der Waals surface area contributed by atoms with Crippen molar-refractivity contribution in [3.05, 3.63) is 94.4 Å². The van der Waals surface area contributed by atoms with Gasteiger partial charge in [0.05, 0.1) is 11.1 Å². The van der Waals surface area contributed by atoms with Crippen LogP contribution in [-0.4, -0.2) is 10.9 Å². The molecule has 0 saturated carbocycles. The Morgan fingerprint density at radius 1 is 1.06 bits per heavy atom. The summed E-state index contributed by atoms with van der Waals surface area (Å²) >= 11 is 1.14. The van der Waals surface area contributed by atoms with Gasteiger partial charge in [0.25, 0.3) is 5.91 Å². The number of carbonyl (C=O) groups excluding carboxylic acids is 1. The number of anilines is 1. The molecule has 0 aliphatic rings. The molecule has 2 aromatic carbocycles. The summed E-state index contributed by atoms with van der Waals surface area (Å²) in [4.78, 5) is 17.2. The van der Waals surface area contributed by atoms with Gasteiger partial charge in [-0.2, -0.15) is 13.2 Å². The summed E-state index contributed by atoms with van der Waals surface area (Å²) in [6, 6.07) is 14.0. The summed E-state index contributed by atoms with van der Waals surface area (Å²) in [6.07, 6.45) is -2.67. The molecule has 4 nitrogen and oxygen atoms in total. The van der Waals surface area contributed by atoms with Crippen LogP contribution in [0, 0.1) is 5.82 Å². The zero-order valence-corrected chi connectivity index (χ0v) is 16.6. The van der Waals surface area contributed by atoms with E-state index < -0.39 is 23.5 Å². The number of alkyl halides is 3. The van der Waals surface area contributed by atoms with Crippen molar-refractivity contribution in [1.29, 1.82) is 0 Å². The summed E-state index contributed by atoms with van der Waals surface area (Å²) in [5.74, 6) is -0.842. The fourth-order valence-corrected chi connectivity index (χ4v) is 3.77. The van der Waals surface area contributed by atoms with Crippen molar-refractivity contribution < 1.29 is 26.8 Å². The minimum atomic E-state index is -4.41. The van der Waals surface area contributed by atoms with E-state index in [1.54, 1.807) is 18.2 Å². The molecule has 1 N–H and O–H groups in total. The molecule has 0 fully saturated rings. The van der Waals surface area contributed by atoms with E-state index in [0.717, 1.165) is 23.5 Å². The molecule has 0 aliphatic carbocycles. The molecule has 0 unspecified atom stereocenters. The van der Waals surface area contributed by atoms with Gasteiger partial charge in [-0.05, 0) is 35.9 Å². The number of nitrogens with zero attached hydrogens (tertiary/aromatic N) is 1. The van der Waals surface area contributed by atoms with Crippen molar-refractivity contribution in [3.63, 3.8) is 0 Å². The molecule has 0 saturated heterocycles. The maximum Gasteiger partial charge on any atom is 0.416 e. The van der Waals surface area contributed by atoms with E-state index in [4.69, 9.17) is 4.42 Å². The van der Waals surface area contributed by atoms with Gasteiger partial charge >= 0.3 is 6.18 Å². The number of halogens is 4. The fourth-order valence-electron chi connectivity index (χ4n) is 2.93. The topological polar surface area (TPSA) is 55.1 Å². The number of aromatic nitrogens is 1. The second-order valence-corrected chi connectivity index (χ2v) is 7.72. The number of hydrogen-bond donors (Lipinski definition) is 1. The third kappa shape index (κ3) is 4.83. The van der Waals surface area contributed by atoms with E-state index in [2.05, 4.69) is 10.3 Å². The summed E-state index contributed by atoms with van der Waals surface area (Å²) in [6.45, 7) is 0. The fraction of sp³-hybridized carbons (Fsp3) is 0.0909. The molecule has 0 bridgehead atoms. The van der Waals surface area contributed by atoms with Gasteiger partial charge in [-0.15, -0.1) is 11.3 Å². The smallest absolute Gasteiger partial charge is 0.416 e. The molecule has 158 valence electrons. The number of rotatable bonds is 5. The molecule has 0 atom stereocenters. The molecule has 0 radical (unpaired) electrons. The van der Waals surface area contributed by atoms with E-state index in [1.807, 2.05) is 0 Å². The monoisotopic (exact) mass is 446 g/mol. The molecule has 2 heterocycles. The van der Waals surface area contributed by atoms with Crippen molar-refractivity contribution in [2.24, 2.45) is 0 Å². The number of thiazole rings is 1. The minimum absolute atomic E-state index is 0.0205. The Hall–Kier alpha value is -3.46. The number of furan rings is 1.